The maximum absolute atomic E-state index is 6.17. The lowest BCUT2D eigenvalue weighted by Crippen LogP contribution is -2.13. The van der Waals surface area contributed by atoms with Crippen molar-refractivity contribution in [2.75, 3.05) is 7.05 Å². The minimum Gasteiger partial charge on any atom is -0.455 e. The van der Waals surface area contributed by atoms with Gasteiger partial charge in [0.2, 0.25) is 0 Å². The molecule has 0 saturated heterocycles. The molecule has 3 nitrogen and oxygen atoms in total. The first-order valence-electron chi connectivity index (χ1n) is 7.28. The van der Waals surface area contributed by atoms with Gasteiger partial charge in [0.05, 0.1) is 6.20 Å². The molecule has 0 aliphatic carbocycles. The van der Waals surface area contributed by atoms with Gasteiger partial charge in [-0.2, -0.15) is 0 Å². The van der Waals surface area contributed by atoms with E-state index in [1.54, 1.807) is 12.4 Å². The van der Waals surface area contributed by atoms with E-state index in [9.17, 15) is 0 Å². The minimum absolute atomic E-state index is 0.0345. The summed E-state index contributed by atoms with van der Waals surface area (Å²) in [5.41, 5.74) is 3.59. The van der Waals surface area contributed by atoms with E-state index in [2.05, 4.69) is 50.1 Å². The van der Waals surface area contributed by atoms with Crippen LogP contribution in [0.3, 0.4) is 0 Å². The third-order valence-electron chi connectivity index (χ3n) is 3.40. The zero-order valence-electron chi connectivity index (χ0n) is 13.5. The Kier molecular flexibility index (Phi) is 4.63. The maximum Gasteiger partial charge on any atom is 0.150 e. The van der Waals surface area contributed by atoms with Gasteiger partial charge >= 0.3 is 0 Å². The molecule has 0 atom stereocenters. The standard InChI is InChI=1S/C18H24N2O/c1-13-6-7-16(15(10-13)18(2,3)4)21-17-12-20-9-8-14(17)11-19-5/h6-10,12,19H,11H2,1-5H3. The van der Waals surface area contributed by atoms with E-state index in [1.165, 1.54) is 11.1 Å². The molecule has 2 rings (SSSR count). The van der Waals surface area contributed by atoms with E-state index in [0.717, 1.165) is 23.6 Å². The van der Waals surface area contributed by atoms with Crippen LogP contribution in [0.2, 0.25) is 0 Å². The van der Waals surface area contributed by atoms with Gasteiger partial charge in [0.15, 0.2) is 0 Å². The molecule has 0 aliphatic rings. The van der Waals surface area contributed by atoms with Crippen molar-refractivity contribution in [2.45, 2.75) is 39.7 Å². The molecule has 0 radical (unpaired) electrons. The van der Waals surface area contributed by atoms with Crippen LogP contribution in [-0.4, -0.2) is 12.0 Å². The molecule has 21 heavy (non-hydrogen) atoms. The van der Waals surface area contributed by atoms with E-state index in [4.69, 9.17) is 4.74 Å². The Bertz CT molecular complexity index is 615. The first-order valence-corrected chi connectivity index (χ1v) is 7.28. The quantitative estimate of drug-likeness (QED) is 0.913. The second kappa shape index (κ2) is 6.27. The third-order valence-corrected chi connectivity index (χ3v) is 3.40. The third kappa shape index (κ3) is 3.82. The zero-order valence-corrected chi connectivity index (χ0v) is 13.5. The van der Waals surface area contributed by atoms with Crippen LogP contribution >= 0.6 is 0 Å². The molecular weight excluding hydrogens is 260 g/mol. The normalized spacial score (nSPS) is 11.5. The van der Waals surface area contributed by atoms with Crippen LogP contribution in [0.15, 0.2) is 36.7 Å². The fourth-order valence-corrected chi connectivity index (χ4v) is 2.27. The number of aromatic nitrogens is 1. The van der Waals surface area contributed by atoms with Crippen LogP contribution in [0, 0.1) is 6.92 Å². The maximum atomic E-state index is 6.17. The van der Waals surface area contributed by atoms with Gasteiger partial charge in [0.1, 0.15) is 11.5 Å². The number of ether oxygens (including phenoxy) is 1. The van der Waals surface area contributed by atoms with Gasteiger partial charge in [-0.25, -0.2) is 0 Å². The van der Waals surface area contributed by atoms with Crippen LogP contribution < -0.4 is 10.1 Å². The fourth-order valence-electron chi connectivity index (χ4n) is 2.27. The number of nitrogens with zero attached hydrogens (tertiary/aromatic N) is 1. The average molecular weight is 284 g/mol. The predicted octanol–water partition coefficient (Wildman–Crippen LogP) is 4.20. The van der Waals surface area contributed by atoms with Gasteiger partial charge in [-0.3, -0.25) is 4.98 Å². The molecule has 0 amide bonds. The predicted molar refractivity (Wildman–Crippen MR) is 87.0 cm³/mol. The van der Waals surface area contributed by atoms with Crippen molar-refractivity contribution in [2.24, 2.45) is 0 Å². The van der Waals surface area contributed by atoms with E-state index >= 15 is 0 Å². The van der Waals surface area contributed by atoms with Gasteiger partial charge in [-0.05, 0) is 31.5 Å². The van der Waals surface area contributed by atoms with E-state index in [-0.39, 0.29) is 5.41 Å². The van der Waals surface area contributed by atoms with Crippen LogP contribution in [-0.2, 0) is 12.0 Å². The van der Waals surface area contributed by atoms with Crippen molar-refractivity contribution in [1.29, 1.82) is 0 Å². The second-order valence-corrected chi connectivity index (χ2v) is 6.37. The topological polar surface area (TPSA) is 34.2 Å². The SMILES string of the molecule is CNCc1ccncc1Oc1ccc(C)cc1C(C)(C)C. The number of pyridine rings is 1. The average Bonchev–Trinajstić information content (AvgIpc) is 2.42. The molecule has 1 heterocycles. The van der Waals surface area contributed by atoms with Gasteiger partial charge < -0.3 is 10.1 Å². The van der Waals surface area contributed by atoms with E-state index in [0.29, 0.717) is 0 Å². The Balaban J connectivity index is 2.41. The van der Waals surface area contributed by atoms with Gasteiger partial charge in [-0.15, -0.1) is 0 Å². The summed E-state index contributed by atoms with van der Waals surface area (Å²) in [5, 5.41) is 3.16. The van der Waals surface area contributed by atoms with E-state index in [1.807, 2.05) is 19.2 Å². The Morgan fingerprint density at radius 3 is 2.57 bits per heavy atom. The molecule has 0 spiro atoms. The van der Waals surface area contributed by atoms with Crippen LogP contribution in [0.1, 0.15) is 37.5 Å². The Labute approximate surface area is 127 Å². The Hall–Kier alpha value is -1.87. The molecule has 0 saturated carbocycles. The van der Waals surface area contributed by atoms with Crippen LogP contribution in [0.25, 0.3) is 0 Å². The molecular formula is C18H24N2O. The molecule has 0 bridgehead atoms. The van der Waals surface area contributed by atoms with Gasteiger partial charge in [0.25, 0.3) is 0 Å². The van der Waals surface area contributed by atoms with Crippen molar-refractivity contribution < 1.29 is 4.74 Å². The highest BCUT2D eigenvalue weighted by Gasteiger charge is 2.20. The summed E-state index contributed by atoms with van der Waals surface area (Å²) in [6.07, 6.45) is 3.57. The molecule has 1 aromatic carbocycles. The number of hydrogen-bond donors (Lipinski definition) is 1. The summed E-state index contributed by atoms with van der Waals surface area (Å²) in [5.74, 6) is 1.71. The Morgan fingerprint density at radius 2 is 1.90 bits per heavy atom. The summed E-state index contributed by atoms with van der Waals surface area (Å²) in [4.78, 5) is 4.18. The minimum atomic E-state index is 0.0345. The smallest absolute Gasteiger partial charge is 0.150 e. The lowest BCUT2D eigenvalue weighted by Gasteiger charge is -2.23. The first kappa shape index (κ1) is 15.5. The molecule has 1 N–H and O–H groups in total. The monoisotopic (exact) mass is 284 g/mol. The first-order chi connectivity index (χ1) is 9.91. The number of aryl methyl sites for hydroxylation is 1. The summed E-state index contributed by atoms with van der Waals surface area (Å²) in [7, 11) is 1.93. The summed E-state index contributed by atoms with van der Waals surface area (Å²) >= 11 is 0. The Morgan fingerprint density at radius 1 is 1.14 bits per heavy atom. The highest BCUT2D eigenvalue weighted by Crippen LogP contribution is 2.35. The molecule has 0 unspecified atom stereocenters. The summed E-state index contributed by atoms with van der Waals surface area (Å²) in [6, 6.07) is 8.31. The zero-order chi connectivity index (χ0) is 15.5. The molecule has 112 valence electrons. The van der Waals surface area contributed by atoms with Crippen molar-refractivity contribution in [1.82, 2.24) is 10.3 Å². The van der Waals surface area contributed by atoms with Crippen molar-refractivity contribution in [3.8, 4) is 11.5 Å². The lowest BCUT2D eigenvalue weighted by molar-refractivity contribution is 0.447. The summed E-state index contributed by atoms with van der Waals surface area (Å²) < 4.78 is 6.17. The number of rotatable bonds is 4. The lowest BCUT2D eigenvalue weighted by atomic mass is 9.85. The van der Waals surface area contributed by atoms with Crippen molar-refractivity contribution in [3.05, 3.63) is 53.3 Å². The molecule has 0 aliphatic heterocycles. The molecule has 1 aromatic heterocycles. The molecule has 0 fully saturated rings. The van der Waals surface area contributed by atoms with Gasteiger partial charge in [0, 0.05) is 23.9 Å². The fraction of sp³-hybridized carbons (Fsp3) is 0.389. The highest BCUT2D eigenvalue weighted by atomic mass is 16.5. The molecule has 3 heteroatoms. The van der Waals surface area contributed by atoms with Crippen LogP contribution in [0.4, 0.5) is 0 Å². The molecule has 2 aromatic rings. The van der Waals surface area contributed by atoms with E-state index < -0.39 is 0 Å². The van der Waals surface area contributed by atoms with Crippen molar-refractivity contribution in [3.63, 3.8) is 0 Å². The highest BCUT2D eigenvalue weighted by molar-refractivity contribution is 5.45. The number of nitrogens with one attached hydrogen (secondary N) is 1. The van der Waals surface area contributed by atoms with Crippen LogP contribution in [0.5, 0.6) is 11.5 Å². The van der Waals surface area contributed by atoms with Crippen molar-refractivity contribution >= 4 is 0 Å². The number of benzene rings is 1. The summed E-state index contributed by atoms with van der Waals surface area (Å²) in [6.45, 7) is 9.47. The van der Waals surface area contributed by atoms with Gasteiger partial charge in [-0.1, -0.05) is 38.5 Å². The second-order valence-electron chi connectivity index (χ2n) is 6.37. The number of hydrogen-bond acceptors (Lipinski definition) is 3. The largest absolute Gasteiger partial charge is 0.455 e.